The van der Waals surface area contributed by atoms with Crippen molar-refractivity contribution < 1.29 is 25.8 Å². The second-order valence-electron chi connectivity index (χ2n) is 2.96. The number of halogens is 3. The molecule has 0 spiro atoms. The van der Waals surface area contributed by atoms with Crippen LogP contribution in [0.25, 0.3) is 0 Å². The van der Waals surface area contributed by atoms with Gasteiger partial charge in [-0.3, -0.25) is 4.18 Å². The molecule has 0 aliphatic carbocycles. The van der Waals surface area contributed by atoms with Gasteiger partial charge in [-0.25, -0.2) is 0 Å². The van der Waals surface area contributed by atoms with Crippen LogP contribution in [0, 0.1) is 0 Å². The summed E-state index contributed by atoms with van der Waals surface area (Å²) in [4.78, 5) is 0. The Kier molecular flexibility index (Phi) is 3.38. The number of alkyl halides is 3. The summed E-state index contributed by atoms with van der Waals surface area (Å²) in [5.41, 5.74) is -5.33. The van der Waals surface area contributed by atoms with Crippen LogP contribution in [-0.2, 0) is 14.3 Å². The molecule has 0 radical (unpaired) electrons. The van der Waals surface area contributed by atoms with Gasteiger partial charge in [0.1, 0.15) is 0 Å². The highest BCUT2D eigenvalue weighted by molar-refractivity contribution is 7.87. The Labute approximate surface area is 79.6 Å². The minimum atomic E-state index is -5.44. The molecule has 1 aliphatic heterocycles. The van der Waals surface area contributed by atoms with Crippen LogP contribution in [0.5, 0.6) is 0 Å². The van der Waals surface area contributed by atoms with Gasteiger partial charge in [-0.1, -0.05) is 0 Å². The topological polar surface area (TPSA) is 55.4 Å². The molecule has 1 fully saturated rings. The largest absolute Gasteiger partial charge is 0.523 e. The van der Waals surface area contributed by atoms with E-state index in [1.54, 1.807) is 0 Å². The van der Waals surface area contributed by atoms with Gasteiger partial charge in [-0.15, -0.1) is 0 Å². The minimum Gasteiger partial charge on any atom is -0.314 e. The Bertz CT molecular complexity index is 281. The number of rotatable bonds is 2. The van der Waals surface area contributed by atoms with E-state index in [1.807, 2.05) is 0 Å². The number of nitrogens with one attached hydrogen (secondary N) is 1. The van der Waals surface area contributed by atoms with Crippen molar-refractivity contribution >= 4 is 10.1 Å². The van der Waals surface area contributed by atoms with E-state index in [9.17, 15) is 21.6 Å². The quantitative estimate of drug-likeness (QED) is 0.560. The van der Waals surface area contributed by atoms with Crippen LogP contribution in [0.4, 0.5) is 13.2 Å². The molecule has 4 nitrogen and oxygen atoms in total. The zero-order chi connectivity index (χ0) is 10.8. The van der Waals surface area contributed by atoms with Crippen LogP contribution in [0.3, 0.4) is 0 Å². The fraction of sp³-hybridized carbons (Fsp3) is 1.00. The molecule has 1 heterocycles. The van der Waals surface area contributed by atoms with Crippen LogP contribution in [0.2, 0.25) is 0 Å². The van der Waals surface area contributed by atoms with Crippen molar-refractivity contribution in [3.8, 4) is 0 Å². The third-order valence-corrected chi connectivity index (χ3v) is 2.89. The molecule has 1 unspecified atom stereocenters. The van der Waals surface area contributed by atoms with Crippen LogP contribution in [0.15, 0.2) is 0 Å². The lowest BCUT2D eigenvalue weighted by Gasteiger charge is -2.22. The molecule has 1 saturated heterocycles. The Morgan fingerprint density at radius 2 is 2.00 bits per heavy atom. The van der Waals surface area contributed by atoms with Gasteiger partial charge in [0.25, 0.3) is 0 Å². The van der Waals surface area contributed by atoms with Gasteiger partial charge in [0.05, 0.1) is 6.10 Å². The fourth-order valence-corrected chi connectivity index (χ4v) is 1.77. The number of piperidine rings is 1. The summed E-state index contributed by atoms with van der Waals surface area (Å²) in [7, 11) is -5.44. The summed E-state index contributed by atoms with van der Waals surface area (Å²) in [6, 6.07) is 0. The van der Waals surface area contributed by atoms with E-state index >= 15 is 0 Å². The number of hydrogen-bond acceptors (Lipinski definition) is 4. The molecule has 0 aromatic heterocycles. The second-order valence-corrected chi connectivity index (χ2v) is 4.53. The molecule has 1 aliphatic rings. The standard InChI is InChI=1S/C6H10F3NO3S/c7-6(8,9)14(11,12)13-5-2-1-3-10-4-5/h5,10H,1-4H2. The van der Waals surface area contributed by atoms with E-state index in [0.29, 0.717) is 19.4 Å². The van der Waals surface area contributed by atoms with Crippen molar-refractivity contribution in [1.29, 1.82) is 0 Å². The van der Waals surface area contributed by atoms with Crippen molar-refractivity contribution in [2.75, 3.05) is 13.1 Å². The predicted octanol–water partition coefficient (Wildman–Crippen LogP) is 0.605. The van der Waals surface area contributed by atoms with Gasteiger partial charge in [-0.05, 0) is 19.4 Å². The van der Waals surface area contributed by atoms with E-state index in [1.165, 1.54) is 0 Å². The summed E-state index contributed by atoms with van der Waals surface area (Å²) in [5.74, 6) is 0. The van der Waals surface area contributed by atoms with Crippen molar-refractivity contribution in [2.24, 2.45) is 0 Å². The highest BCUT2D eigenvalue weighted by Crippen LogP contribution is 2.26. The van der Waals surface area contributed by atoms with Gasteiger partial charge in [0.2, 0.25) is 0 Å². The molecule has 0 aromatic carbocycles. The summed E-state index contributed by atoms with van der Waals surface area (Å²) >= 11 is 0. The molecule has 1 N–H and O–H groups in total. The second kappa shape index (κ2) is 4.03. The smallest absolute Gasteiger partial charge is 0.314 e. The molecule has 0 bridgehead atoms. The SMILES string of the molecule is O=S(=O)(OC1CCCNC1)C(F)(F)F. The Hall–Kier alpha value is -0.340. The Balaban J connectivity index is 2.58. The highest BCUT2D eigenvalue weighted by atomic mass is 32.2. The summed E-state index contributed by atoms with van der Waals surface area (Å²) in [6.45, 7) is 0.807. The summed E-state index contributed by atoms with van der Waals surface area (Å²) < 4.78 is 60.7. The van der Waals surface area contributed by atoms with Crippen molar-refractivity contribution in [1.82, 2.24) is 5.32 Å². The molecule has 84 valence electrons. The van der Waals surface area contributed by atoms with E-state index in [0.717, 1.165) is 0 Å². The van der Waals surface area contributed by atoms with Crippen molar-refractivity contribution in [2.45, 2.75) is 24.5 Å². The van der Waals surface area contributed by atoms with Crippen LogP contribution < -0.4 is 5.32 Å². The van der Waals surface area contributed by atoms with E-state index in [4.69, 9.17) is 0 Å². The first kappa shape index (κ1) is 11.7. The minimum absolute atomic E-state index is 0.134. The average Bonchev–Trinajstić information content (AvgIpc) is 2.03. The van der Waals surface area contributed by atoms with Gasteiger partial charge in [0, 0.05) is 6.54 Å². The van der Waals surface area contributed by atoms with Crippen LogP contribution in [0.1, 0.15) is 12.8 Å². The first-order valence-electron chi connectivity index (χ1n) is 4.03. The molecular formula is C6H10F3NO3S. The highest BCUT2D eigenvalue weighted by Gasteiger charge is 2.48. The third-order valence-electron chi connectivity index (χ3n) is 1.80. The predicted molar refractivity (Wildman–Crippen MR) is 42.0 cm³/mol. The first-order valence-corrected chi connectivity index (χ1v) is 5.44. The summed E-state index contributed by atoms with van der Waals surface area (Å²) in [6.07, 6.45) is 0.0238. The molecular weight excluding hydrogens is 223 g/mol. The lowest BCUT2D eigenvalue weighted by molar-refractivity contribution is -0.0579. The molecule has 0 amide bonds. The van der Waals surface area contributed by atoms with Crippen molar-refractivity contribution in [3.05, 3.63) is 0 Å². The van der Waals surface area contributed by atoms with E-state index in [2.05, 4.69) is 9.50 Å². The zero-order valence-corrected chi connectivity index (χ0v) is 7.99. The monoisotopic (exact) mass is 233 g/mol. The van der Waals surface area contributed by atoms with Crippen LogP contribution in [-0.4, -0.2) is 33.1 Å². The average molecular weight is 233 g/mol. The lowest BCUT2D eigenvalue weighted by Crippen LogP contribution is -2.39. The van der Waals surface area contributed by atoms with Gasteiger partial charge < -0.3 is 5.32 Å². The normalized spacial score (nSPS) is 24.9. The maximum Gasteiger partial charge on any atom is 0.523 e. The maximum atomic E-state index is 11.9. The van der Waals surface area contributed by atoms with Gasteiger partial charge in [0.15, 0.2) is 0 Å². The third kappa shape index (κ3) is 2.82. The Morgan fingerprint density at radius 3 is 2.43 bits per heavy atom. The summed E-state index contributed by atoms with van der Waals surface area (Å²) in [5, 5.41) is 2.75. The van der Waals surface area contributed by atoms with E-state index in [-0.39, 0.29) is 6.54 Å². The molecule has 1 rings (SSSR count). The lowest BCUT2D eigenvalue weighted by atomic mass is 10.1. The molecule has 14 heavy (non-hydrogen) atoms. The molecule has 0 saturated carbocycles. The molecule has 1 atom stereocenters. The first-order chi connectivity index (χ1) is 6.33. The van der Waals surface area contributed by atoms with Crippen LogP contribution >= 0.6 is 0 Å². The fourth-order valence-electron chi connectivity index (χ4n) is 1.14. The maximum absolute atomic E-state index is 11.9. The van der Waals surface area contributed by atoms with Gasteiger partial charge >= 0.3 is 15.6 Å². The van der Waals surface area contributed by atoms with Gasteiger partial charge in [-0.2, -0.15) is 21.6 Å². The molecule has 0 aromatic rings. The van der Waals surface area contributed by atoms with E-state index < -0.39 is 21.7 Å². The zero-order valence-electron chi connectivity index (χ0n) is 7.17. The van der Waals surface area contributed by atoms with Crippen molar-refractivity contribution in [3.63, 3.8) is 0 Å². The molecule has 8 heteroatoms. The number of hydrogen-bond donors (Lipinski definition) is 1. The Morgan fingerprint density at radius 1 is 1.36 bits per heavy atom.